The van der Waals surface area contributed by atoms with E-state index in [0.717, 1.165) is 18.4 Å². The summed E-state index contributed by atoms with van der Waals surface area (Å²) in [5, 5.41) is 14.8. The number of amides is 2. The molecule has 1 rings (SSSR count). The van der Waals surface area contributed by atoms with E-state index < -0.39 is 0 Å². The van der Waals surface area contributed by atoms with Crippen LogP contribution in [0, 0.1) is 5.92 Å². The van der Waals surface area contributed by atoms with Gasteiger partial charge in [-0.1, -0.05) is 57.0 Å². The fourth-order valence-corrected chi connectivity index (χ4v) is 2.35. The van der Waals surface area contributed by atoms with Crippen LogP contribution in [-0.4, -0.2) is 23.8 Å². The lowest BCUT2D eigenvalue weighted by Gasteiger charge is -2.27. The molecule has 0 radical (unpaired) electrons. The molecule has 0 aliphatic carbocycles. The lowest BCUT2D eigenvalue weighted by Crippen LogP contribution is -2.45. The zero-order valence-corrected chi connectivity index (χ0v) is 12.6. The van der Waals surface area contributed by atoms with Gasteiger partial charge in [-0.3, -0.25) is 0 Å². The molecule has 1 aromatic carbocycles. The van der Waals surface area contributed by atoms with E-state index in [1.54, 1.807) is 6.92 Å². The quantitative estimate of drug-likeness (QED) is 0.718. The topological polar surface area (TPSA) is 61.4 Å². The average Bonchev–Trinajstić information content (AvgIpc) is 2.48. The van der Waals surface area contributed by atoms with E-state index in [1.165, 1.54) is 0 Å². The number of aliphatic hydroxyl groups is 1. The number of benzene rings is 1. The monoisotopic (exact) mass is 278 g/mol. The Kier molecular flexibility index (Phi) is 7.09. The van der Waals surface area contributed by atoms with E-state index in [1.807, 2.05) is 30.3 Å². The summed E-state index contributed by atoms with van der Waals surface area (Å²) in [4.78, 5) is 12.0. The molecule has 0 bridgehead atoms. The van der Waals surface area contributed by atoms with Crippen molar-refractivity contribution in [3.8, 4) is 0 Å². The summed E-state index contributed by atoms with van der Waals surface area (Å²) in [6.07, 6.45) is 2.01. The minimum Gasteiger partial charge on any atom is -0.394 e. The van der Waals surface area contributed by atoms with E-state index in [4.69, 9.17) is 5.11 Å². The first-order valence-corrected chi connectivity index (χ1v) is 7.35. The number of carbonyl (C=O) groups is 1. The van der Waals surface area contributed by atoms with Crippen LogP contribution in [0.5, 0.6) is 0 Å². The third-order valence-corrected chi connectivity index (χ3v) is 3.62. The van der Waals surface area contributed by atoms with Gasteiger partial charge in [-0.15, -0.1) is 0 Å². The van der Waals surface area contributed by atoms with Gasteiger partial charge in [-0.25, -0.2) is 4.79 Å². The van der Waals surface area contributed by atoms with E-state index in [9.17, 15) is 4.79 Å². The van der Waals surface area contributed by atoms with Crippen molar-refractivity contribution in [1.29, 1.82) is 0 Å². The highest BCUT2D eigenvalue weighted by atomic mass is 16.3. The van der Waals surface area contributed by atoms with Crippen molar-refractivity contribution >= 4 is 6.03 Å². The molecule has 3 N–H and O–H groups in total. The van der Waals surface area contributed by atoms with Gasteiger partial charge in [0.05, 0.1) is 18.7 Å². The lowest BCUT2D eigenvalue weighted by molar-refractivity contribution is 0.212. The second kappa shape index (κ2) is 8.59. The van der Waals surface area contributed by atoms with E-state index in [0.29, 0.717) is 5.92 Å². The van der Waals surface area contributed by atoms with Crippen LogP contribution in [0.1, 0.15) is 45.2 Å². The van der Waals surface area contributed by atoms with Gasteiger partial charge in [-0.2, -0.15) is 0 Å². The maximum absolute atomic E-state index is 12.0. The molecule has 0 aromatic heterocycles. The zero-order valence-electron chi connectivity index (χ0n) is 12.6. The third kappa shape index (κ3) is 4.85. The number of urea groups is 1. The van der Waals surface area contributed by atoms with Gasteiger partial charge in [0.15, 0.2) is 0 Å². The van der Waals surface area contributed by atoms with Crippen molar-refractivity contribution < 1.29 is 9.90 Å². The number of hydrogen-bond acceptors (Lipinski definition) is 2. The van der Waals surface area contributed by atoms with Crippen molar-refractivity contribution in [2.75, 3.05) is 6.61 Å². The summed E-state index contributed by atoms with van der Waals surface area (Å²) in [5.74, 6) is 0.396. The molecule has 1 aromatic rings. The first kappa shape index (κ1) is 16.5. The van der Waals surface area contributed by atoms with Crippen LogP contribution >= 0.6 is 0 Å². The number of rotatable bonds is 7. The van der Waals surface area contributed by atoms with Crippen LogP contribution in [0.25, 0.3) is 0 Å². The molecule has 0 fully saturated rings. The zero-order chi connectivity index (χ0) is 15.0. The molecular weight excluding hydrogens is 252 g/mol. The van der Waals surface area contributed by atoms with Crippen molar-refractivity contribution in [2.45, 2.75) is 45.7 Å². The van der Waals surface area contributed by atoms with Crippen LogP contribution < -0.4 is 10.6 Å². The Hall–Kier alpha value is -1.55. The molecule has 0 saturated heterocycles. The van der Waals surface area contributed by atoms with Gasteiger partial charge in [0, 0.05) is 0 Å². The third-order valence-electron chi connectivity index (χ3n) is 3.62. The molecule has 0 spiro atoms. The van der Waals surface area contributed by atoms with Gasteiger partial charge in [-0.05, 0) is 18.4 Å². The maximum Gasteiger partial charge on any atom is 0.315 e. The molecular formula is C16H26N2O2. The van der Waals surface area contributed by atoms with Gasteiger partial charge >= 0.3 is 6.03 Å². The van der Waals surface area contributed by atoms with Crippen molar-refractivity contribution in [2.24, 2.45) is 5.92 Å². The maximum atomic E-state index is 12.0. The Balaban J connectivity index is 2.81. The molecule has 0 heterocycles. The largest absolute Gasteiger partial charge is 0.394 e. The predicted octanol–water partition coefficient (Wildman–Crippen LogP) is 2.84. The first-order chi connectivity index (χ1) is 9.62. The fourth-order valence-electron chi connectivity index (χ4n) is 2.35. The van der Waals surface area contributed by atoms with Gasteiger partial charge < -0.3 is 15.7 Å². The smallest absolute Gasteiger partial charge is 0.315 e. The highest BCUT2D eigenvalue weighted by Gasteiger charge is 2.22. The molecule has 112 valence electrons. The molecule has 2 unspecified atom stereocenters. The second-order valence-electron chi connectivity index (χ2n) is 5.17. The summed E-state index contributed by atoms with van der Waals surface area (Å²) in [6.45, 7) is 5.99. The predicted molar refractivity (Wildman–Crippen MR) is 81.5 cm³/mol. The molecule has 0 saturated carbocycles. The van der Waals surface area contributed by atoms with Gasteiger partial charge in [0.1, 0.15) is 0 Å². The molecule has 4 heteroatoms. The fraction of sp³-hybridized carbons (Fsp3) is 0.562. The lowest BCUT2D eigenvalue weighted by atomic mass is 9.89. The Bertz CT molecular complexity index is 391. The van der Waals surface area contributed by atoms with Crippen LogP contribution in [0.3, 0.4) is 0 Å². The van der Waals surface area contributed by atoms with Crippen LogP contribution in [0.4, 0.5) is 4.79 Å². The Labute approximate surface area is 121 Å². The minimum atomic E-state index is -0.242. The van der Waals surface area contributed by atoms with Crippen molar-refractivity contribution in [1.82, 2.24) is 10.6 Å². The van der Waals surface area contributed by atoms with E-state index in [2.05, 4.69) is 24.5 Å². The van der Waals surface area contributed by atoms with E-state index >= 15 is 0 Å². The van der Waals surface area contributed by atoms with E-state index in [-0.39, 0.29) is 24.7 Å². The summed E-state index contributed by atoms with van der Waals surface area (Å²) in [6, 6.07) is 9.55. The van der Waals surface area contributed by atoms with Gasteiger partial charge in [0.2, 0.25) is 0 Å². The number of carbonyl (C=O) groups excluding carboxylic acids is 1. The normalized spacial score (nSPS) is 13.8. The summed E-state index contributed by atoms with van der Waals surface area (Å²) in [5.41, 5.74) is 1.12. The molecule has 2 amide bonds. The molecule has 2 atom stereocenters. The molecule has 4 nitrogen and oxygen atoms in total. The van der Waals surface area contributed by atoms with Crippen LogP contribution in [0.2, 0.25) is 0 Å². The minimum absolute atomic E-state index is 0.00269. The number of aliphatic hydroxyl groups excluding tert-OH is 1. The first-order valence-electron chi connectivity index (χ1n) is 7.35. The molecule has 20 heavy (non-hydrogen) atoms. The summed E-state index contributed by atoms with van der Waals surface area (Å²) in [7, 11) is 0. The SMILES string of the molecule is CCC(CC)C(NC(=O)NC(C)CO)c1ccccc1. The number of nitrogens with one attached hydrogen (secondary N) is 2. The average molecular weight is 278 g/mol. The Morgan fingerprint density at radius 3 is 2.25 bits per heavy atom. The summed E-state index contributed by atoms with van der Waals surface area (Å²) < 4.78 is 0. The van der Waals surface area contributed by atoms with Gasteiger partial charge in [0.25, 0.3) is 0 Å². The standard InChI is InChI=1S/C16H26N2O2/c1-4-13(5-2)15(14-9-7-6-8-10-14)18-16(20)17-12(3)11-19/h6-10,12-13,15,19H,4-5,11H2,1-3H3,(H2,17,18,20). The molecule has 0 aliphatic rings. The highest BCUT2D eigenvalue weighted by Crippen LogP contribution is 2.27. The number of hydrogen-bond donors (Lipinski definition) is 3. The Morgan fingerprint density at radius 1 is 1.15 bits per heavy atom. The highest BCUT2D eigenvalue weighted by molar-refractivity contribution is 5.74. The second-order valence-corrected chi connectivity index (χ2v) is 5.17. The van der Waals surface area contributed by atoms with Crippen molar-refractivity contribution in [3.05, 3.63) is 35.9 Å². The summed E-state index contributed by atoms with van der Waals surface area (Å²) >= 11 is 0. The van der Waals surface area contributed by atoms with Crippen LogP contribution in [0.15, 0.2) is 30.3 Å². The van der Waals surface area contributed by atoms with Crippen LogP contribution in [-0.2, 0) is 0 Å². The van der Waals surface area contributed by atoms with Crippen molar-refractivity contribution in [3.63, 3.8) is 0 Å². The molecule has 0 aliphatic heterocycles. The Morgan fingerprint density at radius 2 is 1.75 bits per heavy atom.